The van der Waals surface area contributed by atoms with E-state index in [0.717, 1.165) is 25.7 Å². The van der Waals surface area contributed by atoms with Gasteiger partial charge in [0.05, 0.1) is 30.0 Å². The number of hydrogen-bond acceptors (Lipinski definition) is 5. The Morgan fingerprint density at radius 1 is 1.22 bits per heavy atom. The van der Waals surface area contributed by atoms with Crippen molar-refractivity contribution < 1.29 is 25.5 Å². The highest BCUT2D eigenvalue weighted by Crippen LogP contribution is 2.67. The Morgan fingerprint density at radius 2 is 1.91 bits per heavy atom. The molecule has 5 nitrogen and oxygen atoms in total. The zero-order valence-corrected chi connectivity index (χ0v) is 20.3. The van der Waals surface area contributed by atoms with Gasteiger partial charge >= 0.3 is 0 Å². The lowest BCUT2D eigenvalue weighted by atomic mass is 9.46. The van der Waals surface area contributed by atoms with Crippen LogP contribution in [0.15, 0.2) is 23.8 Å². The van der Waals surface area contributed by atoms with E-state index in [2.05, 4.69) is 26.5 Å². The van der Waals surface area contributed by atoms with Gasteiger partial charge in [0.2, 0.25) is 0 Å². The standard InChI is InChI=1S/C27H44O5/c1-15(2)21(29)9-11-26(4,32)24-22(30)13-20-18-7-6-16-12-17(28)8-10-25(16,3)19(18)14-23(31)27(20,24)5/h6,17-24,28-32H,1,7-14H2,2-5H3/t17-,18+,19-,20-,21+,22-,23+,24+,25-,26-,27+/m0/s1. The van der Waals surface area contributed by atoms with Crippen molar-refractivity contribution in [2.75, 3.05) is 0 Å². The topological polar surface area (TPSA) is 101 Å². The molecule has 4 aliphatic rings. The second kappa shape index (κ2) is 8.20. The summed E-state index contributed by atoms with van der Waals surface area (Å²) in [6.07, 6.45) is 5.55. The Kier molecular flexibility index (Phi) is 6.25. The maximum atomic E-state index is 11.6. The number of allylic oxidation sites excluding steroid dienone is 1. The molecule has 0 aromatic rings. The normalized spacial score (nSPS) is 48.7. The Balaban J connectivity index is 1.63. The van der Waals surface area contributed by atoms with Crippen molar-refractivity contribution in [1.82, 2.24) is 0 Å². The van der Waals surface area contributed by atoms with E-state index in [-0.39, 0.29) is 17.4 Å². The fraction of sp³-hybridized carbons (Fsp3) is 0.852. The molecular weight excluding hydrogens is 404 g/mol. The number of fused-ring (bicyclic) bond motifs is 5. The third kappa shape index (κ3) is 3.63. The molecule has 4 aliphatic carbocycles. The molecule has 182 valence electrons. The average Bonchev–Trinajstić information content (AvgIpc) is 3.00. The lowest BCUT2D eigenvalue weighted by Gasteiger charge is -2.60. The van der Waals surface area contributed by atoms with Crippen molar-refractivity contribution in [2.24, 2.45) is 34.5 Å². The van der Waals surface area contributed by atoms with Crippen LogP contribution in [-0.2, 0) is 0 Å². The molecular formula is C27H44O5. The smallest absolute Gasteiger partial charge is 0.0745 e. The van der Waals surface area contributed by atoms with Crippen LogP contribution >= 0.6 is 0 Å². The summed E-state index contributed by atoms with van der Waals surface area (Å²) in [5.41, 5.74) is 0.259. The first-order valence-corrected chi connectivity index (χ1v) is 12.6. The maximum Gasteiger partial charge on any atom is 0.0745 e. The first-order chi connectivity index (χ1) is 14.8. The summed E-state index contributed by atoms with van der Waals surface area (Å²) in [6.45, 7) is 11.7. The predicted molar refractivity (Wildman–Crippen MR) is 125 cm³/mol. The van der Waals surface area contributed by atoms with Crippen LogP contribution in [-0.4, -0.2) is 55.5 Å². The summed E-state index contributed by atoms with van der Waals surface area (Å²) in [5, 5.41) is 54.8. The highest BCUT2D eigenvalue weighted by Gasteiger charge is 2.67. The first-order valence-electron chi connectivity index (χ1n) is 12.6. The van der Waals surface area contributed by atoms with Crippen molar-refractivity contribution in [2.45, 2.75) is 109 Å². The minimum Gasteiger partial charge on any atom is -0.393 e. The largest absolute Gasteiger partial charge is 0.393 e. The maximum absolute atomic E-state index is 11.6. The van der Waals surface area contributed by atoms with E-state index in [1.54, 1.807) is 13.8 Å². The molecule has 0 aliphatic heterocycles. The molecule has 0 spiro atoms. The van der Waals surface area contributed by atoms with Crippen LogP contribution < -0.4 is 0 Å². The molecule has 0 heterocycles. The van der Waals surface area contributed by atoms with Crippen molar-refractivity contribution in [3.05, 3.63) is 23.8 Å². The van der Waals surface area contributed by atoms with Gasteiger partial charge in [-0.1, -0.05) is 37.6 Å². The van der Waals surface area contributed by atoms with Gasteiger partial charge in [0.1, 0.15) is 0 Å². The van der Waals surface area contributed by atoms with Gasteiger partial charge in [0.25, 0.3) is 0 Å². The molecule has 0 aromatic heterocycles. The summed E-state index contributed by atoms with van der Waals surface area (Å²) >= 11 is 0. The molecule has 5 heteroatoms. The molecule has 0 bridgehead atoms. The molecule has 5 N–H and O–H groups in total. The second-order valence-electron chi connectivity index (χ2n) is 12.3. The summed E-state index contributed by atoms with van der Waals surface area (Å²) in [4.78, 5) is 0. The van der Waals surface area contributed by atoms with Crippen molar-refractivity contribution in [3.63, 3.8) is 0 Å². The van der Waals surface area contributed by atoms with E-state index in [9.17, 15) is 25.5 Å². The van der Waals surface area contributed by atoms with Gasteiger partial charge in [-0.05, 0) is 88.4 Å². The zero-order chi connectivity index (χ0) is 23.6. The molecule has 0 amide bonds. The van der Waals surface area contributed by atoms with Gasteiger partial charge in [0.15, 0.2) is 0 Å². The SMILES string of the molecule is C=C(C)[C@H](O)CC[C@](C)(O)[C@H]1[C@@H](O)C[C@H]2[C@@H]3CC=C4C[C@@H](O)CC[C@]4(C)[C@H]3C[C@@H](O)[C@@]21C. The Bertz CT molecular complexity index is 774. The number of aliphatic hydroxyl groups is 5. The predicted octanol–water partition coefficient (Wildman–Crippen LogP) is 3.34. The van der Waals surface area contributed by atoms with Crippen molar-refractivity contribution in [3.8, 4) is 0 Å². The summed E-state index contributed by atoms with van der Waals surface area (Å²) in [5.74, 6) is 0.392. The third-order valence-electron chi connectivity index (χ3n) is 10.4. The minimum absolute atomic E-state index is 0.00160. The summed E-state index contributed by atoms with van der Waals surface area (Å²) in [6, 6.07) is 0. The summed E-state index contributed by atoms with van der Waals surface area (Å²) < 4.78 is 0. The van der Waals surface area contributed by atoms with Crippen LogP contribution in [0, 0.1) is 34.5 Å². The van der Waals surface area contributed by atoms with Gasteiger partial charge in [-0.3, -0.25) is 0 Å². The molecule has 32 heavy (non-hydrogen) atoms. The van der Waals surface area contributed by atoms with Gasteiger partial charge in [-0.2, -0.15) is 0 Å². The third-order valence-corrected chi connectivity index (χ3v) is 10.4. The Labute approximate surface area is 193 Å². The van der Waals surface area contributed by atoms with Crippen molar-refractivity contribution >= 4 is 0 Å². The monoisotopic (exact) mass is 448 g/mol. The fourth-order valence-electron chi connectivity index (χ4n) is 8.55. The van der Waals surface area contributed by atoms with Crippen LogP contribution in [0.25, 0.3) is 0 Å². The van der Waals surface area contributed by atoms with Gasteiger partial charge in [0, 0.05) is 11.3 Å². The number of rotatable bonds is 5. The highest BCUT2D eigenvalue weighted by atomic mass is 16.3. The molecule has 4 rings (SSSR count). The fourth-order valence-corrected chi connectivity index (χ4v) is 8.55. The second-order valence-corrected chi connectivity index (χ2v) is 12.3. The number of hydrogen-bond donors (Lipinski definition) is 5. The van der Waals surface area contributed by atoms with Crippen LogP contribution in [0.5, 0.6) is 0 Å². The van der Waals surface area contributed by atoms with E-state index in [1.807, 2.05) is 0 Å². The van der Waals surface area contributed by atoms with E-state index < -0.39 is 35.2 Å². The van der Waals surface area contributed by atoms with Crippen LogP contribution in [0.1, 0.15) is 79.1 Å². The van der Waals surface area contributed by atoms with E-state index >= 15 is 0 Å². The van der Waals surface area contributed by atoms with Gasteiger partial charge < -0.3 is 25.5 Å². The van der Waals surface area contributed by atoms with E-state index in [1.165, 1.54) is 5.57 Å². The van der Waals surface area contributed by atoms with Crippen LogP contribution in [0.4, 0.5) is 0 Å². The molecule has 0 saturated heterocycles. The molecule has 11 atom stereocenters. The zero-order valence-electron chi connectivity index (χ0n) is 20.3. The first kappa shape index (κ1) is 24.4. The average molecular weight is 449 g/mol. The Hall–Kier alpha value is -0.720. The molecule has 0 unspecified atom stereocenters. The number of aliphatic hydroxyl groups excluding tert-OH is 4. The molecule has 0 aromatic carbocycles. The quantitative estimate of drug-likeness (QED) is 0.415. The van der Waals surface area contributed by atoms with Gasteiger partial charge in [-0.25, -0.2) is 0 Å². The summed E-state index contributed by atoms with van der Waals surface area (Å²) in [7, 11) is 0. The lowest BCUT2D eigenvalue weighted by Crippen LogP contribution is -2.59. The lowest BCUT2D eigenvalue weighted by molar-refractivity contribution is -0.175. The molecule has 0 radical (unpaired) electrons. The van der Waals surface area contributed by atoms with E-state index in [4.69, 9.17) is 0 Å². The molecule has 3 fully saturated rings. The Morgan fingerprint density at radius 3 is 2.56 bits per heavy atom. The van der Waals surface area contributed by atoms with Crippen LogP contribution in [0.2, 0.25) is 0 Å². The van der Waals surface area contributed by atoms with E-state index in [0.29, 0.717) is 43.1 Å². The highest BCUT2D eigenvalue weighted by molar-refractivity contribution is 5.27. The minimum atomic E-state index is -1.19. The van der Waals surface area contributed by atoms with Crippen LogP contribution in [0.3, 0.4) is 0 Å². The van der Waals surface area contributed by atoms with Gasteiger partial charge in [-0.15, -0.1) is 0 Å². The molecule has 3 saturated carbocycles. The van der Waals surface area contributed by atoms with Crippen molar-refractivity contribution in [1.29, 1.82) is 0 Å².